The lowest BCUT2D eigenvalue weighted by Gasteiger charge is -2.10. The number of hydrogen-bond acceptors (Lipinski definition) is 2. The zero-order valence-electron chi connectivity index (χ0n) is 10.8. The molecule has 20 heavy (non-hydrogen) atoms. The van der Waals surface area contributed by atoms with Crippen molar-refractivity contribution < 1.29 is 18.3 Å². The van der Waals surface area contributed by atoms with Gasteiger partial charge >= 0.3 is 0 Å². The Morgan fingerprint density at radius 3 is 2.60 bits per heavy atom. The summed E-state index contributed by atoms with van der Waals surface area (Å²) < 4.78 is 32.0. The molecule has 0 heterocycles. The molecule has 3 nitrogen and oxygen atoms in total. The molecule has 0 unspecified atom stereocenters. The van der Waals surface area contributed by atoms with Crippen LogP contribution in [0, 0.1) is 18.6 Å². The van der Waals surface area contributed by atoms with Crippen LogP contribution in [0.25, 0.3) is 0 Å². The van der Waals surface area contributed by atoms with Crippen LogP contribution < -0.4 is 10.5 Å². The van der Waals surface area contributed by atoms with E-state index in [9.17, 15) is 13.6 Å². The molecule has 0 aliphatic heterocycles. The molecule has 1 amide bonds. The van der Waals surface area contributed by atoms with Gasteiger partial charge in [-0.25, -0.2) is 8.78 Å². The fraction of sp³-hybridized carbons (Fsp3) is 0.133. The van der Waals surface area contributed by atoms with Gasteiger partial charge in [-0.15, -0.1) is 0 Å². The third-order valence-corrected chi connectivity index (χ3v) is 2.85. The molecule has 0 saturated heterocycles. The van der Waals surface area contributed by atoms with Crippen LogP contribution in [0.2, 0.25) is 0 Å². The molecule has 0 atom stereocenters. The summed E-state index contributed by atoms with van der Waals surface area (Å²) in [4.78, 5) is 11.0. The van der Waals surface area contributed by atoms with E-state index in [1.165, 1.54) is 30.3 Å². The Bertz CT molecular complexity index is 656. The van der Waals surface area contributed by atoms with Crippen molar-refractivity contribution in [3.63, 3.8) is 0 Å². The van der Waals surface area contributed by atoms with E-state index in [4.69, 9.17) is 10.5 Å². The largest absolute Gasteiger partial charge is 0.489 e. The van der Waals surface area contributed by atoms with Gasteiger partial charge in [0.15, 0.2) is 0 Å². The lowest BCUT2D eigenvalue weighted by molar-refractivity contribution is 0.1000. The van der Waals surface area contributed by atoms with Crippen molar-refractivity contribution in [3.05, 3.63) is 64.7 Å². The van der Waals surface area contributed by atoms with E-state index in [-0.39, 0.29) is 23.6 Å². The first kappa shape index (κ1) is 14.0. The normalized spacial score (nSPS) is 10.3. The Kier molecular flexibility index (Phi) is 3.98. The highest BCUT2D eigenvalue weighted by Gasteiger charge is 2.09. The van der Waals surface area contributed by atoms with Gasteiger partial charge in [0.25, 0.3) is 0 Å². The quantitative estimate of drug-likeness (QED) is 0.934. The number of carbonyl (C=O) groups excluding carboxylic acids is 1. The molecule has 0 saturated carbocycles. The molecule has 0 aliphatic carbocycles. The zero-order valence-corrected chi connectivity index (χ0v) is 10.8. The highest BCUT2D eigenvalue weighted by Crippen LogP contribution is 2.20. The van der Waals surface area contributed by atoms with Crippen molar-refractivity contribution >= 4 is 5.91 Å². The molecule has 0 spiro atoms. The maximum atomic E-state index is 13.6. The summed E-state index contributed by atoms with van der Waals surface area (Å²) in [5.74, 6) is -1.04. The second-order valence-corrected chi connectivity index (χ2v) is 4.37. The number of amides is 1. The first-order valence-electron chi connectivity index (χ1n) is 5.94. The fourth-order valence-electron chi connectivity index (χ4n) is 1.77. The SMILES string of the molecule is Cc1cc(F)ccc1OCc1cc(C(N)=O)ccc1F. The molecule has 0 radical (unpaired) electrons. The minimum absolute atomic E-state index is 0.0700. The van der Waals surface area contributed by atoms with Crippen LogP contribution in [0.4, 0.5) is 8.78 Å². The third-order valence-electron chi connectivity index (χ3n) is 2.85. The van der Waals surface area contributed by atoms with E-state index < -0.39 is 11.7 Å². The molecular weight excluding hydrogens is 264 g/mol. The van der Waals surface area contributed by atoms with Crippen LogP contribution in [-0.4, -0.2) is 5.91 Å². The number of primary amides is 1. The predicted octanol–water partition coefficient (Wildman–Crippen LogP) is 2.95. The number of rotatable bonds is 4. The van der Waals surface area contributed by atoms with E-state index >= 15 is 0 Å². The third kappa shape index (κ3) is 3.12. The average Bonchev–Trinajstić information content (AvgIpc) is 2.39. The molecule has 2 N–H and O–H groups in total. The van der Waals surface area contributed by atoms with Crippen LogP contribution in [0.3, 0.4) is 0 Å². The average molecular weight is 277 g/mol. The lowest BCUT2D eigenvalue weighted by atomic mass is 10.1. The Labute approximate surface area is 115 Å². The number of nitrogens with two attached hydrogens (primary N) is 1. The van der Waals surface area contributed by atoms with Crippen LogP contribution in [0.15, 0.2) is 36.4 Å². The van der Waals surface area contributed by atoms with Crippen molar-refractivity contribution in [3.8, 4) is 5.75 Å². The van der Waals surface area contributed by atoms with Crippen molar-refractivity contribution in [2.24, 2.45) is 5.73 Å². The number of hydrogen-bond donors (Lipinski definition) is 1. The Hall–Kier alpha value is -2.43. The summed E-state index contributed by atoms with van der Waals surface area (Å²) in [6.45, 7) is 1.62. The van der Waals surface area contributed by atoms with Crippen molar-refractivity contribution in [2.75, 3.05) is 0 Å². The minimum atomic E-state index is -0.635. The van der Waals surface area contributed by atoms with E-state index in [0.29, 0.717) is 11.3 Å². The molecule has 0 aliphatic rings. The summed E-state index contributed by atoms with van der Waals surface area (Å²) in [6.07, 6.45) is 0. The standard InChI is InChI=1S/C15H13F2NO2/c1-9-6-12(16)3-5-14(9)20-8-11-7-10(15(18)19)2-4-13(11)17/h2-7H,8H2,1H3,(H2,18,19). The monoisotopic (exact) mass is 277 g/mol. The summed E-state index contributed by atoms with van der Waals surface area (Å²) in [5.41, 5.74) is 6.17. The molecule has 2 aromatic carbocycles. The van der Waals surface area contributed by atoms with Gasteiger partial charge in [0.1, 0.15) is 24.0 Å². The second-order valence-electron chi connectivity index (χ2n) is 4.37. The number of benzene rings is 2. The summed E-state index contributed by atoms with van der Waals surface area (Å²) in [5, 5.41) is 0. The number of aryl methyl sites for hydroxylation is 1. The van der Waals surface area contributed by atoms with Crippen molar-refractivity contribution in [2.45, 2.75) is 13.5 Å². The number of carbonyl (C=O) groups is 1. The number of ether oxygens (including phenoxy) is 1. The summed E-state index contributed by atoms with van der Waals surface area (Å²) >= 11 is 0. The van der Waals surface area contributed by atoms with Gasteiger partial charge in [0.2, 0.25) is 5.91 Å². The Balaban J connectivity index is 2.18. The van der Waals surface area contributed by atoms with Gasteiger partial charge in [-0.1, -0.05) is 0 Å². The van der Waals surface area contributed by atoms with Crippen LogP contribution in [0.1, 0.15) is 21.5 Å². The predicted molar refractivity (Wildman–Crippen MR) is 70.4 cm³/mol. The van der Waals surface area contributed by atoms with Crippen LogP contribution in [-0.2, 0) is 6.61 Å². The molecule has 2 rings (SSSR count). The lowest BCUT2D eigenvalue weighted by Crippen LogP contribution is -2.12. The first-order chi connectivity index (χ1) is 9.47. The van der Waals surface area contributed by atoms with Crippen molar-refractivity contribution in [1.29, 1.82) is 0 Å². The molecule has 2 aromatic rings. The molecule has 0 fully saturated rings. The number of halogens is 2. The summed E-state index contributed by atoms with van der Waals surface area (Å²) in [6, 6.07) is 7.88. The maximum absolute atomic E-state index is 13.6. The van der Waals surface area contributed by atoms with E-state index in [0.717, 1.165) is 6.07 Å². The maximum Gasteiger partial charge on any atom is 0.248 e. The molecule has 5 heteroatoms. The minimum Gasteiger partial charge on any atom is -0.489 e. The molecular formula is C15H13F2NO2. The molecule has 0 aromatic heterocycles. The Morgan fingerprint density at radius 2 is 1.95 bits per heavy atom. The van der Waals surface area contributed by atoms with Gasteiger partial charge in [-0.05, 0) is 48.9 Å². The zero-order chi connectivity index (χ0) is 14.7. The van der Waals surface area contributed by atoms with E-state index in [1.807, 2.05) is 0 Å². The second kappa shape index (κ2) is 5.69. The molecule has 0 bridgehead atoms. The van der Waals surface area contributed by atoms with Gasteiger partial charge in [0, 0.05) is 11.1 Å². The van der Waals surface area contributed by atoms with Gasteiger partial charge in [-0.3, -0.25) is 4.79 Å². The van der Waals surface area contributed by atoms with Gasteiger partial charge in [0.05, 0.1) is 0 Å². The van der Waals surface area contributed by atoms with Gasteiger partial charge < -0.3 is 10.5 Å². The smallest absolute Gasteiger partial charge is 0.248 e. The fourth-order valence-corrected chi connectivity index (χ4v) is 1.77. The van der Waals surface area contributed by atoms with E-state index in [1.54, 1.807) is 6.92 Å². The van der Waals surface area contributed by atoms with Gasteiger partial charge in [-0.2, -0.15) is 0 Å². The van der Waals surface area contributed by atoms with E-state index in [2.05, 4.69) is 0 Å². The highest BCUT2D eigenvalue weighted by molar-refractivity contribution is 5.92. The highest BCUT2D eigenvalue weighted by atomic mass is 19.1. The van der Waals surface area contributed by atoms with Crippen molar-refractivity contribution in [1.82, 2.24) is 0 Å². The van der Waals surface area contributed by atoms with Crippen LogP contribution >= 0.6 is 0 Å². The Morgan fingerprint density at radius 1 is 1.20 bits per heavy atom. The topological polar surface area (TPSA) is 52.3 Å². The first-order valence-corrected chi connectivity index (χ1v) is 5.94. The summed E-state index contributed by atoms with van der Waals surface area (Å²) in [7, 11) is 0. The molecule has 104 valence electrons. The van der Waals surface area contributed by atoms with Crippen LogP contribution in [0.5, 0.6) is 5.75 Å².